The highest BCUT2D eigenvalue weighted by atomic mass is 32.2. The van der Waals surface area contributed by atoms with Crippen LogP contribution >= 0.6 is 0 Å². The van der Waals surface area contributed by atoms with Crippen LogP contribution in [0.4, 0.5) is 0 Å². The number of hydrogen-bond acceptors (Lipinski definition) is 5. The van der Waals surface area contributed by atoms with E-state index in [1.165, 1.54) is 0 Å². The van der Waals surface area contributed by atoms with Crippen LogP contribution in [0.15, 0.2) is 0 Å². The van der Waals surface area contributed by atoms with Gasteiger partial charge in [0.2, 0.25) is 5.91 Å². The number of primary amides is 1. The molecule has 1 saturated carbocycles. The van der Waals surface area contributed by atoms with E-state index in [4.69, 9.17) is 5.73 Å². The van der Waals surface area contributed by atoms with Gasteiger partial charge in [0, 0.05) is 13.1 Å². The van der Waals surface area contributed by atoms with Gasteiger partial charge in [-0.1, -0.05) is 6.42 Å². The molecule has 1 amide bonds. The van der Waals surface area contributed by atoms with E-state index in [0.717, 1.165) is 32.2 Å². The number of nitrogens with one attached hydrogen (secondary N) is 1. The van der Waals surface area contributed by atoms with Crippen LogP contribution in [0.25, 0.3) is 0 Å². The van der Waals surface area contributed by atoms with Crippen molar-refractivity contribution in [1.82, 2.24) is 10.2 Å². The van der Waals surface area contributed by atoms with Crippen molar-refractivity contribution in [1.29, 1.82) is 0 Å². The summed E-state index contributed by atoms with van der Waals surface area (Å²) >= 11 is 0. The predicted octanol–water partition coefficient (Wildman–Crippen LogP) is -0.649. The third-order valence-corrected chi connectivity index (χ3v) is 6.55. The fraction of sp³-hybridized carbons (Fsp3) is 0.923. The Morgan fingerprint density at radius 3 is 2.60 bits per heavy atom. The Labute approximate surface area is 121 Å². The minimum absolute atomic E-state index is 0.253. The summed E-state index contributed by atoms with van der Waals surface area (Å²) in [5, 5.41) is 3.14. The van der Waals surface area contributed by atoms with Gasteiger partial charge in [-0.25, -0.2) is 8.42 Å². The second kappa shape index (κ2) is 5.99. The quantitative estimate of drug-likeness (QED) is 0.704. The zero-order valence-electron chi connectivity index (χ0n) is 12.1. The van der Waals surface area contributed by atoms with E-state index in [2.05, 4.69) is 10.2 Å². The molecule has 1 aliphatic heterocycles. The Kier molecular flexibility index (Phi) is 4.71. The summed E-state index contributed by atoms with van der Waals surface area (Å²) in [4.78, 5) is 13.9. The molecule has 2 rings (SSSR count). The van der Waals surface area contributed by atoms with Gasteiger partial charge in [0.05, 0.1) is 11.5 Å². The standard InChI is InChI=1S/C13H25N3O3S/c1-15-13(12(14)17)5-2-3-11(13)4-6-16-7-9-20(18,19)10-8-16/h11,15H,2-10H2,1H3,(H2,14,17). The summed E-state index contributed by atoms with van der Waals surface area (Å²) in [6.07, 6.45) is 3.72. The molecule has 2 atom stereocenters. The van der Waals surface area contributed by atoms with Crippen LogP contribution in [0.1, 0.15) is 25.7 Å². The lowest BCUT2D eigenvalue weighted by atomic mass is 9.84. The molecule has 20 heavy (non-hydrogen) atoms. The molecule has 2 fully saturated rings. The van der Waals surface area contributed by atoms with E-state index in [-0.39, 0.29) is 23.3 Å². The van der Waals surface area contributed by atoms with E-state index >= 15 is 0 Å². The summed E-state index contributed by atoms with van der Waals surface area (Å²) in [6.45, 7) is 2.06. The SMILES string of the molecule is CNC1(C(N)=O)CCCC1CCN1CCS(=O)(=O)CC1. The third-order valence-electron chi connectivity index (χ3n) is 4.94. The summed E-state index contributed by atoms with van der Waals surface area (Å²) in [5.74, 6) is 0.502. The number of sulfone groups is 1. The van der Waals surface area contributed by atoms with E-state index in [1.54, 1.807) is 7.05 Å². The number of carbonyl (C=O) groups excluding carboxylic acids is 1. The number of likely N-dealkylation sites (N-methyl/N-ethyl adjacent to an activating group) is 1. The topological polar surface area (TPSA) is 92.5 Å². The molecule has 0 bridgehead atoms. The molecule has 116 valence electrons. The molecule has 7 heteroatoms. The van der Waals surface area contributed by atoms with Crippen molar-refractivity contribution in [2.24, 2.45) is 11.7 Å². The van der Waals surface area contributed by atoms with Gasteiger partial charge >= 0.3 is 0 Å². The van der Waals surface area contributed by atoms with Gasteiger partial charge < -0.3 is 16.0 Å². The summed E-state index contributed by atoms with van der Waals surface area (Å²) in [7, 11) is -1.02. The molecule has 2 aliphatic rings. The van der Waals surface area contributed by atoms with Crippen LogP contribution in [-0.4, -0.2) is 63.0 Å². The van der Waals surface area contributed by atoms with Crippen LogP contribution in [0, 0.1) is 5.92 Å². The van der Waals surface area contributed by atoms with E-state index < -0.39 is 15.4 Å². The molecule has 1 heterocycles. The van der Waals surface area contributed by atoms with E-state index in [1.807, 2.05) is 0 Å². The highest BCUT2D eigenvalue weighted by Gasteiger charge is 2.46. The minimum Gasteiger partial charge on any atom is -0.368 e. The van der Waals surface area contributed by atoms with Crippen molar-refractivity contribution in [3.8, 4) is 0 Å². The average Bonchev–Trinajstić information content (AvgIpc) is 2.81. The number of carbonyl (C=O) groups is 1. The molecule has 1 aliphatic carbocycles. The fourth-order valence-electron chi connectivity index (χ4n) is 3.56. The van der Waals surface area contributed by atoms with Gasteiger partial charge in [-0.3, -0.25) is 4.79 Å². The summed E-state index contributed by atoms with van der Waals surface area (Å²) < 4.78 is 22.8. The maximum atomic E-state index is 11.8. The molecule has 0 radical (unpaired) electrons. The van der Waals surface area contributed by atoms with Crippen molar-refractivity contribution >= 4 is 15.7 Å². The van der Waals surface area contributed by atoms with Gasteiger partial charge in [0.25, 0.3) is 0 Å². The molecule has 0 aromatic rings. The average molecular weight is 303 g/mol. The Balaban J connectivity index is 1.89. The molecule has 3 N–H and O–H groups in total. The number of amides is 1. The summed E-state index contributed by atoms with van der Waals surface area (Å²) in [5.41, 5.74) is 5.02. The van der Waals surface area contributed by atoms with Gasteiger partial charge in [-0.15, -0.1) is 0 Å². The van der Waals surface area contributed by atoms with Crippen molar-refractivity contribution < 1.29 is 13.2 Å². The van der Waals surface area contributed by atoms with Gasteiger partial charge in [0.15, 0.2) is 9.84 Å². The highest BCUT2D eigenvalue weighted by molar-refractivity contribution is 7.91. The Morgan fingerprint density at radius 1 is 1.40 bits per heavy atom. The first kappa shape index (κ1) is 15.7. The van der Waals surface area contributed by atoms with Gasteiger partial charge in [-0.2, -0.15) is 0 Å². The first-order chi connectivity index (χ1) is 9.39. The van der Waals surface area contributed by atoms with Crippen molar-refractivity contribution in [2.75, 3.05) is 38.2 Å². The van der Waals surface area contributed by atoms with Gasteiger partial charge in [0.1, 0.15) is 5.54 Å². The van der Waals surface area contributed by atoms with E-state index in [0.29, 0.717) is 13.1 Å². The smallest absolute Gasteiger partial charge is 0.238 e. The van der Waals surface area contributed by atoms with Gasteiger partial charge in [-0.05, 0) is 38.8 Å². The Morgan fingerprint density at radius 2 is 2.05 bits per heavy atom. The first-order valence-electron chi connectivity index (χ1n) is 7.31. The zero-order valence-corrected chi connectivity index (χ0v) is 12.9. The summed E-state index contributed by atoms with van der Waals surface area (Å²) in [6, 6.07) is 0. The van der Waals surface area contributed by atoms with Crippen LogP contribution in [0.2, 0.25) is 0 Å². The number of nitrogens with two attached hydrogens (primary N) is 1. The normalized spacial score (nSPS) is 34.1. The van der Waals surface area contributed by atoms with Crippen LogP contribution in [0.3, 0.4) is 0 Å². The lowest BCUT2D eigenvalue weighted by molar-refractivity contribution is -0.125. The molecule has 1 saturated heterocycles. The molecule has 0 spiro atoms. The lowest BCUT2D eigenvalue weighted by Crippen LogP contribution is -2.57. The van der Waals surface area contributed by atoms with Crippen molar-refractivity contribution in [2.45, 2.75) is 31.2 Å². The predicted molar refractivity (Wildman–Crippen MR) is 78.0 cm³/mol. The largest absolute Gasteiger partial charge is 0.368 e. The molecule has 6 nitrogen and oxygen atoms in total. The Hall–Kier alpha value is -0.660. The van der Waals surface area contributed by atoms with Crippen molar-refractivity contribution in [3.05, 3.63) is 0 Å². The number of nitrogens with zero attached hydrogens (tertiary/aromatic N) is 1. The minimum atomic E-state index is -2.82. The fourth-order valence-corrected chi connectivity index (χ4v) is 4.83. The molecule has 2 unspecified atom stereocenters. The van der Waals surface area contributed by atoms with E-state index in [9.17, 15) is 13.2 Å². The van der Waals surface area contributed by atoms with Crippen LogP contribution in [0.5, 0.6) is 0 Å². The second-order valence-corrected chi connectivity index (χ2v) is 8.26. The maximum absolute atomic E-state index is 11.8. The number of rotatable bonds is 5. The zero-order chi connectivity index (χ0) is 14.8. The number of hydrogen-bond donors (Lipinski definition) is 2. The molecule has 0 aromatic carbocycles. The highest BCUT2D eigenvalue weighted by Crippen LogP contribution is 2.37. The molecular formula is C13H25N3O3S. The van der Waals surface area contributed by atoms with Crippen LogP contribution < -0.4 is 11.1 Å². The molecular weight excluding hydrogens is 278 g/mol. The first-order valence-corrected chi connectivity index (χ1v) is 9.13. The van der Waals surface area contributed by atoms with Crippen LogP contribution in [-0.2, 0) is 14.6 Å². The van der Waals surface area contributed by atoms with Crippen molar-refractivity contribution in [3.63, 3.8) is 0 Å². The lowest BCUT2D eigenvalue weighted by Gasteiger charge is -2.34. The monoisotopic (exact) mass is 303 g/mol. The molecule has 0 aromatic heterocycles. The third kappa shape index (κ3) is 3.15. The Bertz CT molecular complexity index is 451. The second-order valence-electron chi connectivity index (χ2n) is 5.96. The maximum Gasteiger partial charge on any atom is 0.238 e.